The van der Waals surface area contributed by atoms with Crippen LogP contribution >= 0.6 is 12.6 Å². The number of hydrogen-bond acceptors (Lipinski definition) is 2. The number of rotatable bonds is 3. The van der Waals surface area contributed by atoms with Gasteiger partial charge in [-0.15, -0.1) is 0 Å². The summed E-state index contributed by atoms with van der Waals surface area (Å²) in [5.41, 5.74) is 0.455. The van der Waals surface area contributed by atoms with Gasteiger partial charge in [0, 0.05) is 6.10 Å². The molecule has 0 heterocycles. The fourth-order valence-electron chi connectivity index (χ4n) is 2.16. The van der Waals surface area contributed by atoms with Crippen LogP contribution in [0.3, 0.4) is 0 Å². The van der Waals surface area contributed by atoms with Gasteiger partial charge in [-0.25, -0.2) is 0 Å². The molecule has 1 aliphatic rings. The molecular weight excluding hydrogens is 244 g/mol. The molecule has 0 spiro atoms. The lowest BCUT2D eigenvalue weighted by Crippen LogP contribution is -2.45. The lowest BCUT2D eigenvalue weighted by molar-refractivity contribution is 0.0896. The molecule has 0 amide bonds. The molecule has 1 aliphatic carbocycles. The van der Waals surface area contributed by atoms with Gasteiger partial charge in [0.2, 0.25) is 0 Å². The minimum absolute atomic E-state index is 0.331. The van der Waals surface area contributed by atoms with Crippen molar-refractivity contribution in [1.82, 2.24) is 0 Å². The lowest BCUT2D eigenvalue weighted by atomic mass is 9.76. The van der Waals surface area contributed by atoms with Crippen LogP contribution in [0, 0.1) is 5.41 Å². The van der Waals surface area contributed by atoms with E-state index in [0.29, 0.717) is 16.6 Å². The molecule has 0 N–H and O–H groups in total. The second kappa shape index (κ2) is 5.26. The third-order valence-electron chi connectivity index (χ3n) is 4.79. The topological polar surface area (TPSA) is 9.23 Å². The van der Waals surface area contributed by atoms with Gasteiger partial charge < -0.3 is 4.43 Å². The van der Waals surface area contributed by atoms with E-state index in [1.165, 1.54) is 25.7 Å². The molecule has 0 saturated heterocycles. The minimum atomic E-state index is -1.57. The molecule has 0 aliphatic heterocycles. The molecular formula is C14H30OSSi. The smallest absolute Gasteiger partial charge is 0.192 e. The summed E-state index contributed by atoms with van der Waals surface area (Å²) in [6.45, 7) is 14.0. The molecule has 0 aromatic carbocycles. The Bertz CT molecular complexity index is 249. The molecule has 3 heteroatoms. The molecule has 0 atom stereocenters. The van der Waals surface area contributed by atoms with Crippen molar-refractivity contribution in [2.24, 2.45) is 5.41 Å². The zero-order valence-electron chi connectivity index (χ0n) is 12.5. The first kappa shape index (κ1) is 15.6. The summed E-state index contributed by atoms with van der Waals surface area (Å²) in [5.74, 6) is 1.01. The van der Waals surface area contributed by atoms with Gasteiger partial charge in [-0.1, -0.05) is 27.7 Å². The predicted octanol–water partition coefficient (Wildman–Crippen LogP) is 4.89. The first-order chi connectivity index (χ1) is 7.60. The van der Waals surface area contributed by atoms with Crippen molar-refractivity contribution in [3.05, 3.63) is 0 Å². The summed E-state index contributed by atoms with van der Waals surface area (Å²) in [4.78, 5) is 0. The van der Waals surface area contributed by atoms with Gasteiger partial charge >= 0.3 is 0 Å². The Morgan fingerprint density at radius 1 is 1.24 bits per heavy atom. The lowest BCUT2D eigenvalue weighted by Gasteiger charge is -2.43. The largest absolute Gasteiger partial charge is 0.414 e. The van der Waals surface area contributed by atoms with Gasteiger partial charge in [0.15, 0.2) is 8.32 Å². The molecule has 0 bridgehead atoms. The second-order valence-electron chi connectivity index (χ2n) is 7.55. The van der Waals surface area contributed by atoms with Gasteiger partial charge in [0.1, 0.15) is 0 Å². The summed E-state index contributed by atoms with van der Waals surface area (Å²) < 4.78 is 6.49. The first-order valence-electron chi connectivity index (χ1n) is 6.88. The highest BCUT2D eigenvalue weighted by molar-refractivity contribution is 7.80. The first-order valence-corrected chi connectivity index (χ1v) is 10.4. The van der Waals surface area contributed by atoms with Crippen LogP contribution in [0.25, 0.3) is 0 Å². The zero-order chi connectivity index (χ0) is 13.3. The SMILES string of the molecule is CC(C)(C)[Si](C)(C)O[C@H]1CC[C@@](C)(CS)CC1. The maximum Gasteiger partial charge on any atom is 0.192 e. The third-order valence-corrected chi connectivity index (χ3v) is 10.1. The Morgan fingerprint density at radius 2 is 1.71 bits per heavy atom. The number of hydrogen-bond donors (Lipinski definition) is 1. The standard InChI is InChI=1S/C14H30OSSi/c1-13(2,3)17(5,6)15-12-7-9-14(4,11-16)10-8-12/h12,16H,7-11H2,1-6H3/t12-,14+. The maximum absolute atomic E-state index is 6.49. The molecule has 0 aromatic rings. The van der Waals surface area contributed by atoms with Crippen LogP contribution in [0.15, 0.2) is 0 Å². The van der Waals surface area contributed by atoms with E-state index >= 15 is 0 Å². The van der Waals surface area contributed by atoms with E-state index in [4.69, 9.17) is 4.43 Å². The van der Waals surface area contributed by atoms with Crippen LogP contribution in [-0.4, -0.2) is 20.2 Å². The molecule has 0 aromatic heterocycles. The van der Waals surface area contributed by atoms with Crippen LogP contribution in [0.2, 0.25) is 18.1 Å². The highest BCUT2D eigenvalue weighted by Crippen LogP contribution is 2.42. The quantitative estimate of drug-likeness (QED) is 0.569. The average Bonchev–Trinajstić information content (AvgIpc) is 2.20. The summed E-state index contributed by atoms with van der Waals surface area (Å²) in [6.07, 6.45) is 5.50. The van der Waals surface area contributed by atoms with E-state index in [-0.39, 0.29) is 0 Å². The monoisotopic (exact) mass is 274 g/mol. The van der Waals surface area contributed by atoms with Crippen LogP contribution < -0.4 is 0 Å². The summed E-state index contributed by atoms with van der Waals surface area (Å²) in [7, 11) is -1.57. The highest BCUT2D eigenvalue weighted by atomic mass is 32.1. The van der Waals surface area contributed by atoms with E-state index in [2.05, 4.69) is 53.4 Å². The Balaban J connectivity index is 2.51. The van der Waals surface area contributed by atoms with Crippen molar-refractivity contribution in [3.8, 4) is 0 Å². The van der Waals surface area contributed by atoms with Crippen molar-refractivity contribution in [2.75, 3.05) is 5.75 Å². The van der Waals surface area contributed by atoms with Gasteiger partial charge in [0.05, 0.1) is 0 Å². The van der Waals surface area contributed by atoms with Gasteiger partial charge in [-0.05, 0) is 55.0 Å². The minimum Gasteiger partial charge on any atom is -0.414 e. The fraction of sp³-hybridized carbons (Fsp3) is 1.00. The predicted molar refractivity (Wildman–Crippen MR) is 82.5 cm³/mol. The van der Waals surface area contributed by atoms with E-state index in [1.54, 1.807) is 0 Å². The number of thiol groups is 1. The van der Waals surface area contributed by atoms with Crippen molar-refractivity contribution >= 4 is 20.9 Å². The van der Waals surface area contributed by atoms with Gasteiger partial charge in [0.25, 0.3) is 0 Å². The highest BCUT2D eigenvalue weighted by Gasteiger charge is 2.40. The van der Waals surface area contributed by atoms with Crippen LogP contribution in [0.4, 0.5) is 0 Å². The van der Waals surface area contributed by atoms with Gasteiger partial charge in [-0.2, -0.15) is 12.6 Å². The summed E-state index contributed by atoms with van der Waals surface area (Å²) in [5, 5.41) is 0.331. The van der Waals surface area contributed by atoms with Crippen molar-refractivity contribution in [3.63, 3.8) is 0 Å². The van der Waals surface area contributed by atoms with E-state index in [1.807, 2.05) is 0 Å². The normalized spacial score (nSPS) is 31.6. The Hall–Kier alpha value is 0.527. The Morgan fingerprint density at radius 3 is 2.06 bits per heavy atom. The van der Waals surface area contributed by atoms with Crippen molar-refractivity contribution < 1.29 is 4.43 Å². The Kier molecular flexibility index (Phi) is 4.82. The molecule has 1 saturated carbocycles. The second-order valence-corrected chi connectivity index (χ2v) is 12.6. The van der Waals surface area contributed by atoms with Crippen LogP contribution in [0.1, 0.15) is 53.4 Å². The van der Waals surface area contributed by atoms with E-state index in [9.17, 15) is 0 Å². The maximum atomic E-state index is 6.49. The van der Waals surface area contributed by atoms with Gasteiger partial charge in [-0.3, -0.25) is 0 Å². The summed E-state index contributed by atoms with van der Waals surface area (Å²) >= 11 is 4.48. The molecule has 17 heavy (non-hydrogen) atoms. The zero-order valence-corrected chi connectivity index (χ0v) is 14.4. The van der Waals surface area contributed by atoms with Crippen LogP contribution in [-0.2, 0) is 4.43 Å². The summed E-state index contributed by atoms with van der Waals surface area (Å²) in [6, 6.07) is 0. The third kappa shape index (κ3) is 4.00. The molecule has 0 radical (unpaired) electrons. The molecule has 1 rings (SSSR count). The Labute approximate surface area is 114 Å². The van der Waals surface area contributed by atoms with Crippen LogP contribution in [0.5, 0.6) is 0 Å². The average molecular weight is 275 g/mol. The molecule has 102 valence electrons. The molecule has 1 fully saturated rings. The van der Waals surface area contributed by atoms with E-state index in [0.717, 1.165) is 5.75 Å². The van der Waals surface area contributed by atoms with Crippen molar-refractivity contribution in [2.45, 2.75) is 77.6 Å². The fourth-order valence-corrected chi connectivity index (χ4v) is 3.90. The van der Waals surface area contributed by atoms with Crippen molar-refractivity contribution in [1.29, 1.82) is 0 Å². The van der Waals surface area contributed by atoms with E-state index < -0.39 is 8.32 Å². The molecule has 1 nitrogen and oxygen atoms in total. The molecule has 0 unspecified atom stereocenters.